The number of benzene rings is 1. The van der Waals surface area contributed by atoms with Gasteiger partial charge in [0.05, 0.1) is 27.4 Å². The van der Waals surface area contributed by atoms with E-state index in [9.17, 15) is 0 Å². The molecule has 2 heterocycles. The van der Waals surface area contributed by atoms with Crippen molar-refractivity contribution >= 4 is 0 Å². The van der Waals surface area contributed by atoms with E-state index >= 15 is 0 Å². The molecule has 0 unspecified atom stereocenters. The monoisotopic (exact) mass is 360 g/mol. The maximum atomic E-state index is 5.58. The SMILES string of the molecule is CCCc1cc([C@H]2CCCN2Cc2cc(OC)c(OC)cc2OC)no1. The Morgan fingerprint density at radius 3 is 2.50 bits per heavy atom. The number of aryl methyl sites for hydroxylation is 1. The lowest BCUT2D eigenvalue weighted by Gasteiger charge is -2.24. The Hall–Kier alpha value is -2.21. The summed E-state index contributed by atoms with van der Waals surface area (Å²) >= 11 is 0. The molecule has 1 fully saturated rings. The first-order valence-electron chi connectivity index (χ1n) is 9.18. The van der Waals surface area contributed by atoms with E-state index < -0.39 is 0 Å². The third-order valence-electron chi connectivity index (χ3n) is 4.94. The molecular weight excluding hydrogens is 332 g/mol. The van der Waals surface area contributed by atoms with E-state index in [1.165, 1.54) is 0 Å². The molecule has 6 nitrogen and oxygen atoms in total. The second kappa shape index (κ2) is 8.45. The third kappa shape index (κ3) is 3.80. The van der Waals surface area contributed by atoms with E-state index in [1.807, 2.05) is 12.1 Å². The molecule has 0 amide bonds. The first-order chi connectivity index (χ1) is 12.7. The smallest absolute Gasteiger partial charge is 0.164 e. The van der Waals surface area contributed by atoms with Crippen LogP contribution in [-0.4, -0.2) is 37.9 Å². The molecule has 0 radical (unpaired) electrons. The van der Waals surface area contributed by atoms with Gasteiger partial charge in [-0.3, -0.25) is 4.90 Å². The summed E-state index contributed by atoms with van der Waals surface area (Å²) in [5.74, 6) is 3.16. The largest absolute Gasteiger partial charge is 0.496 e. The van der Waals surface area contributed by atoms with Crippen molar-refractivity contribution in [3.8, 4) is 17.2 Å². The molecule has 1 atom stereocenters. The van der Waals surface area contributed by atoms with Gasteiger partial charge >= 0.3 is 0 Å². The number of hydrogen-bond acceptors (Lipinski definition) is 6. The van der Waals surface area contributed by atoms with Gasteiger partial charge in [0.2, 0.25) is 0 Å². The van der Waals surface area contributed by atoms with Crippen molar-refractivity contribution in [2.24, 2.45) is 0 Å². The molecule has 1 aliphatic rings. The van der Waals surface area contributed by atoms with Gasteiger partial charge in [-0.2, -0.15) is 0 Å². The minimum absolute atomic E-state index is 0.280. The molecule has 0 N–H and O–H groups in total. The van der Waals surface area contributed by atoms with Crippen molar-refractivity contribution in [1.29, 1.82) is 0 Å². The Balaban J connectivity index is 1.82. The summed E-state index contributed by atoms with van der Waals surface area (Å²) in [6, 6.07) is 6.27. The van der Waals surface area contributed by atoms with Crippen molar-refractivity contribution < 1.29 is 18.7 Å². The van der Waals surface area contributed by atoms with Crippen molar-refractivity contribution in [2.45, 2.75) is 45.2 Å². The Labute approximate surface area is 155 Å². The van der Waals surface area contributed by atoms with E-state index in [2.05, 4.69) is 23.0 Å². The van der Waals surface area contributed by atoms with Crippen molar-refractivity contribution in [3.63, 3.8) is 0 Å². The predicted octanol–water partition coefficient (Wildman–Crippen LogP) is 3.99. The first kappa shape index (κ1) is 18.6. The Morgan fingerprint density at radius 2 is 1.81 bits per heavy atom. The van der Waals surface area contributed by atoms with Gasteiger partial charge in [0.15, 0.2) is 11.5 Å². The third-order valence-corrected chi connectivity index (χ3v) is 4.94. The molecule has 0 spiro atoms. The molecule has 1 aromatic heterocycles. The van der Waals surface area contributed by atoms with E-state index in [0.717, 1.165) is 61.5 Å². The zero-order chi connectivity index (χ0) is 18.5. The van der Waals surface area contributed by atoms with E-state index in [0.29, 0.717) is 11.5 Å². The molecule has 142 valence electrons. The van der Waals surface area contributed by atoms with Gasteiger partial charge < -0.3 is 18.7 Å². The molecule has 1 aliphatic heterocycles. The Kier molecular flexibility index (Phi) is 6.04. The molecule has 6 heteroatoms. The summed E-state index contributed by atoms with van der Waals surface area (Å²) in [6.07, 6.45) is 4.24. The fraction of sp³-hybridized carbons (Fsp3) is 0.550. The minimum atomic E-state index is 0.280. The van der Waals surface area contributed by atoms with Crippen LogP contribution in [0.3, 0.4) is 0 Å². The zero-order valence-corrected chi connectivity index (χ0v) is 16.1. The normalized spacial score (nSPS) is 17.5. The number of rotatable bonds is 8. The van der Waals surface area contributed by atoms with Crippen molar-refractivity contribution in [1.82, 2.24) is 10.1 Å². The maximum absolute atomic E-state index is 5.58. The lowest BCUT2D eigenvalue weighted by atomic mass is 10.1. The van der Waals surface area contributed by atoms with Gasteiger partial charge in [0.25, 0.3) is 0 Å². The Bertz CT molecular complexity index is 729. The lowest BCUT2D eigenvalue weighted by molar-refractivity contribution is 0.232. The first-order valence-corrected chi connectivity index (χ1v) is 9.18. The number of methoxy groups -OCH3 is 3. The fourth-order valence-corrected chi connectivity index (χ4v) is 3.64. The average Bonchev–Trinajstić information content (AvgIpc) is 3.30. The summed E-state index contributed by atoms with van der Waals surface area (Å²) in [5, 5.41) is 4.32. The van der Waals surface area contributed by atoms with E-state index in [4.69, 9.17) is 18.7 Å². The maximum Gasteiger partial charge on any atom is 0.164 e. The second-order valence-corrected chi connectivity index (χ2v) is 6.62. The Morgan fingerprint density at radius 1 is 1.08 bits per heavy atom. The van der Waals surface area contributed by atoms with Crippen LogP contribution in [0.5, 0.6) is 17.2 Å². The number of hydrogen-bond donors (Lipinski definition) is 0. The lowest BCUT2D eigenvalue weighted by Crippen LogP contribution is -2.23. The molecule has 26 heavy (non-hydrogen) atoms. The predicted molar refractivity (Wildman–Crippen MR) is 99.0 cm³/mol. The van der Waals surface area contributed by atoms with Crippen LogP contribution >= 0.6 is 0 Å². The average molecular weight is 360 g/mol. The highest BCUT2D eigenvalue weighted by molar-refractivity contribution is 5.50. The topological polar surface area (TPSA) is 57.0 Å². The highest BCUT2D eigenvalue weighted by Gasteiger charge is 2.29. The van der Waals surface area contributed by atoms with Gasteiger partial charge in [-0.15, -0.1) is 0 Å². The summed E-state index contributed by atoms with van der Waals surface area (Å²) < 4.78 is 21.9. The van der Waals surface area contributed by atoms with Crippen LogP contribution in [0.2, 0.25) is 0 Å². The summed E-state index contributed by atoms with van der Waals surface area (Å²) in [4.78, 5) is 2.43. The van der Waals surface area contributed by atoms with Crippen molar-refractivity contribution in [3.05, 3.63) is 35.2 Å². The van der Waals surface area contributed by atoms with Crippen LogP contribution in [-0.2, 0) is 13.0 Å². The van der Waals surface area contributed by atoms with Crippen LogP contribution in [0, 0.1) is 0 Å². The zero-order valence-electron chi connectivity index (χ0n) is 16.1. The van der Waals surface area contributed by atoms with Gasteiger partial charge in [-0.25, -0.2) is 0 Å². The summed E-state index contributed by atoms with van der Waals surface area (Å²) in [7, 11) is 4.96. The van der Waals surface area contributed by atoms with Gasteiger partial charge in [0, 0.05) is 30.7 Å². The number of nitrogens with zero attached hydrogens (tertiary/aromatic N) is 2. The number of ether oxygens (including phenoxy) is 3. The standard InChI is InChI=1S/C20H28N2O4/c1-5-7-15-11-16(21-26-15)17-8-6-9-22(17)13-14-10-19(24-3)20(25-4)12-18(14)23-2/h10-12,17H,5-9,13H2,1-4H3/t17-/m1/s1. The number of likely N-dealkylation sites (tertiary alicyclic amines) is 1. The quantitative estimate of drug-likeness (QED) is 0.709. The molecule has 0 aliphatic carbocycles. The van der Waals surface area contributed by atoms with Crippen LogP contribution in [0.25, 0.3) is 0 Å². The van der Waals surface area contributed by atoms with Crippen molar-refractivity contribution in [2.75, 3.05) is 27.9 Å². The van der Waals surface area contributed by atoms with E-state index in [1.54, 1.807) is 21.3 Å². The summed E-state index contributed by atoms with van der Waals surface area (Å²) in [5.41, 5.74) is 2.11. The highest BCUT2D eigenvalue weighted by Crippen LogP contribution is 2.38. The van der Waals surface area contributed by atoms with Crippen LogP contribution < -0.4 is 14.2 Å². The van der Waals surface area contributed by atoms with E-state index in [-0.39, 0.29) is 6.04 Å². The summed E-state index contributed by atoms with van der Waals surface area (Å²) in [6.45, 7) is 3.94. The van der Waals surface area contributed by atoms with Crippen LogP contribution in [0.15, 0.2) is 22.7 Å². The number of aromatic nitrogens is 1. The molecule has 0 bridgehead atoms. The molecule has 3 rings (SSSR count). The van der Waals surface area contributed by atoms with Gasteiger partial charge in [-0.05, 0) is 31.9 Å². The molecule has 1 aromatic carbocycles. The van der Waals surface area contributed by atoms with Crippen LogP contribution in [0.4, 0.5) is 0 Å². The highest BCUT2D eigenvalue weighted by atomic mass is 16.5. The van der Waals surface area contributed by atoms with Gasteiger partial charge in [-0.1, -0.05) is 12.1 Å². The minimum Gasteiger partial charge on any atom is -0.496 e. The molecule has 2 aromatic rings. The molecule has 0 saturated carbocycles. The van der Waals surface area contributed by atoms with Gasteiger partial charge in [0.1, 0.15) is 17.2 Å². The molecule has 1 saturated heterocycles. The second-order valence-electron chi connectivity index (χ2n) is 6.62. The molecular formula is C20H28N2O4. The fourth-order valence-electron chi connectivity index (χ4n) is 3.64. The van der Waals surface area contributed by atoms with Crippen LogP contribution in [0.1, 0.15) is 49.2 Å².